The van der Waals surface area contributed by atoms with E-state index < -0.39 is 0 Å². The first-order chi connectivity index (χ1) is 11.2. The molecule has 0 amide bonds. The van der Waals surface area contributed by atoms with Crippen molar-refractivity contribution in [2.75, 3.05) is 32.8 Å². The van der Waals surface area contributed by atoms with E-state index in [0.717, 1.165) is 50.9 Å². The second kappa shape index (κ2) is 7.69. The van der Waals surface area contributed by atoms with Gasteiger partial charge in [-0.3, -0.25) is 9.80 Å². The second-order valence-electron chi connectivity index (χ2n) is 7.17. The molecule has 1 aromatic rings. The van der Waals surface area contributed by atoms with Crippen LogP contribution in [0.3, 0.4) is 0 Å². The maximum atomic E-state index is 5.86. The summed E-state index contributed by atoms with van der Waals surface area (Å²) in [4.78, 5) is 14.3. The normalized spacial score (nSPS) is 26.4. The molecule has 3 rings (SSSR count). The summed E-state index contributed by atoms with van der Waals surface area (Å²) in [7, 11) is 0. The molecule has 0 bridgehead atoms. The van der Waals surface area contributed by atoms with Gasteiger partial charge < -0.3 is 4.74 Å². The van der Waals surface area contributed by atoms with E-state index in [-0.39, 0.29) is 0 Å². The Labute approximate surface area is 140 Å². The van der Waals surface area contributed by atoms with Gasteiger partial charge in [0.2, 0.25) is 0 Å². The third-order valence-corrected chi connectivity index (χ3v) is 4.96. The van der Waals surface area contributed by atoms with Crippen LogP contribution in [0.5, 0.6) is 0 Å². The molecule has 2 fully saturated rings. The summed E-state index contributed by atoms with van der Waals surface area (Å²) in [6.45, 7) is 12.6. The maximum Gasteiger partial charge on any atom is 0.131 e. The zero-order valence-corrected chi connectivity index (χ0v) is 14.7. The van der Waals surface area contributed by atoms with Gasteiger partial charge in [-0.2, -0.15) is 0 Å². The van der Waals surface area contributed by atoms with Gasteiger partial charge in [0.1, 0.15) is 5.82 Å². The molecule has 0 N–H and O–H groups in total. The van der Waals surface area contributed by atoms with Crippen molar-refractivity contribution in [3.05, 3.63) is 23.8 Å². The summed E-state index contributed by atoms with van der Waals surface area (Å²) in [5.41, 5.74) is 1.14. The Morgan fingerprint density at radius 1 is 1.30 bits per heavy atom. The Balaban J connectivity index is 1.60. The van der Waals surface area contributed by atoms with Crippen molar-refractivity contribution in [3.8, 4) is 0 Å². The smallest absolute Gasteiger partial charge is 0.131 e. The minimum absolute atomic E-state index is 0.383. The van der Waals surface area contributed by atoms with Crippen LogP contribution in [0.15, 0.2) is 12.3 Å². The van der Waals surface area contributed by atoms with Gasteiger partial charge in [-0.1, -0.05) is 27.2 Å². The molecule has 0 unspecified atom stereocenters. The number of aromatic nitrogens is 2. The van der Waals surface area contributed by atoms with Crippen molar-refractivity contribution in [1.82, 2.24) is 19.8 Å². The first kappa shape index (κ1) is 16.8. The minimum atomic E-state index is 0.383. The van der Waals surface area contributed by atoms with E-state index in [4.69, 9.17) is 9.72 Å². The minimum Gasteiger partial charge on any atom is -0.378 e. The topological polar surface area (TPSA) is 41.5 Å². The molecular weight excluding hydrogens is 288 g/mol. The van der Waals surface area contributed by atoms with E-state index in [1.165, 1.54) is 12.8 Å². The van der Waals surface area contributed by atoms with Crippen LogP contribution >= 0.6 is 0 Å². The summed E-state index contributed by atoms with van der Waals surface area (Å²) in [6, 6.07) is 3.21. The number of hydrogen-bond acceptors (Lipinski definition) is 5. The average molecular weight is 318 g/mol. The molecule has 3 heterocycles. The van der Waals surface area contributed by atoms with E-state index >= 15 is 0 Å². The van der Waals surface area contributed by atoms with E-state index in [2.05, 4.69) is 41.6 Å². The van der Waals surface area contributed by atoms with Gasteiger partial charge in [0.25, 0.3) is 0 Å². The quantitative estimate of drug-likeness (QED) is 0.833. The van der Waals surface area contributed by atoms with Crippen molar-refractivity contribution >= 4 is 0 Å². The van der Waals surface area contributed by atoms with Crippen LogP contribution in [0, 0.1) is 0 Å². The summed E-state index contributed by atoms with van der Waals surface area (Å²) < 4.78 is 5.86. The monoisotopic (exact) mass is 318 g/mol. The van der Waals surface area contributed by atoms with Gasteiger partial charge in [0.05, 0.1) is 18.9 Å². The Hall–Kier alpha value is -1.04. The highest BCUT2D eigenvalue weighted by molar-refractivity contribution is 5.05. The number of piperazine rings is 1. The zero-order chi connectivity index (χ0) is 16.2. The van der Waals surface area contributed by atoms with E-state index in [9.17, 15) is 0 Å². The number of morpholine rings is 1. The maximum absolute atomic E-state index is 5.86. The first-order valence-corrected chi connectivity index (χ1v) is 9.05. The predicted molar refractivity (Wildman–Crippen MR) is 91.4 cm³/mol. The number of nitrogens with zero attached hydrogens (tertiary/aromatic N) is 4. The SMILES string of the molecule is CCC[C@H]1COC[C@H]2CN(Cc3ccnc(C(C)C)n3)CCN12. The van der Waals surface area contributed by atoms with Gasteiger partial charge >= 0.3 is 0 Å². The van der Waals surface area contributed by atoms with Crippen molar-refractivity contribution in [2.24, 2.45) is 0 Å². The van der Waals surface area contributed by atoms with Crippen molar-refractivity contribution in [1.29, 1.82) is 0 Å². The lowest BCUT2D eigenvalue weighted by molar-refractivity contribution is -0.0842. The lowest BCUT2D eigenvalue weighted by Gasteiger charge is -2.48. The molecule has 2 atom stereocenters. The Morgan fingerprint density at radius 2 is 2.17 bits per heavy atom. The van der Waals surface area contributed by atoms with Crippen LogP contribution in [-0.4, -0.2) is 64.7 Å². The molecule has 5 heteroatoms. The average Bonchev–Trinajstić information content (AvgIpc) is 2.55. The van der Waals surface area contributed by atoms with Gasteiger partial charge in [-0.15, -0.1) is 0 Å². The van der Waals surface area contributed by atoms with Crippen LogP contribution in [0.2, 0.25) is 0 Å². The third kappa shape index (κ3) is 4.08. The molecule has 0 saturated carbocycles. The molecule has 1 aromatic heterocycles. The van der Waals surface area contributed by atoms with E-state index in [1.807, 2.05) is 6.20 Å². The summed E-state index contributed by atoms with van der Waals surface area (Å²) in [6.07, 6.45) is 4.38. The molecule has 0 radical (unpaired) electrons. The summed E-state index contributed by atoms with van der Waals surface area (Å²) >= 11 is 0. The van der Waals surface area contributed by atoms with Crippen LogP contribution < -0.4 is 0 Å². The zero-order valence-electron chi connectivity index (χ0n) is 14.7. The fraction of sp³-hybridized carbons (Fsp3) is 0.778. The molecule has 23 heavy (non-hydrogen) atoms. The molecule has 2 saturated heterocycles. The van der Waals surface area contributed by atoms with Crippen molar-refractivity contribution < 1.29 is 4.74 Å². The summed E-state index contributed by atoms with van der Waals surface area (Å²) in [5.74, 6) is 1.33. The van der Waals surface area contributed by atoms with Crippen LogP contribution in [-0.2, 0) is 11.3 Å². The molecule has 0 aromatic carbocycles. The Kier molecular flexibility index (Phi) is 5.62. The largest absolute Gasteiger partial charge is 0.378 e. The van der Waals surface area contributed by atoms with Crippen molar-refractivity contribution in [3.63, 3.8) is 0 Å². The summed E-state index contributed by atoms with van der Waals surface area (Å²) in [5, 5.41) is 0. The number of ether oxygens (including phenoxy) is 1. The number of hydrogen-bond donors (Lipinski definition) is 0. The molecule has 0 aliphatic carbocycles. The fourth-order valence-electron chi connectivity index (χ4n) is 3.73. The second-order valence-corrected chi connectivity index (χ2v) is 7.17. The molecular formula is C18H30N4O. The third-order valence-electron chi connectivity index (χ3n) is 4.96. The fourth-order valence-corrected chi connectivity index (χ4v) is 3.73. The van der Waals surface area contributed by atoms with E-state index in [0.29, 0.717) is 18.0 Å². The van der Waals surface area contributed by atoms with Gasteiger partial charge in [0.15, 0.2) is 0 Å². The van der Waals surface area contributed by atoms with Crippen LogP contribution in [0.4, 0.5) is 0 Å². The predicted octanol–water partition coefficient (Wildman–Crippen LogP) is 2.29. The van der Waals surface area contributed by atoms with Gasteiger partial charge in [0, 0.05) is 50.4 Å². The Bertz CT molecular complexity index is 506. The van der Waals surface area contributed by atoms with Gasteiger partial charge in [-0.25, -0.2) is 9.97 Å². The molecule has 0 spiro atoms. The van der Waals surface area contributed by atoms with E-state index in [1.54, 1.807) is 0 Å². The molecule has 2 aliphatic heterocycles. The molecule has 2 aliphatic rings. The Morgan fingerprint density at radius 3 is 2.96 bits per heavy atom. The van der Waals surface area contributed by atoms with Crippen LogP contribution in [0.1, 0.15) is 51.0 Å². The molecule has 5 nitrogen and oxygen atoms in total. The number of fused-ring (bicyclic) bond motifs is 1. The highest BCUT2D eigenvalue weighted by Crippen LogP contribution is 2.22. The number of rotatable bonds is 5. The van der Waals surface area contributed by atoms with Crippen LogP contribution in [0.25, 0.3) is 0 Å². The highest BCUT2D eigenvalue weighted by Gasteiger charge is 2.35. The van der Waals surface area contributed by atoms with Gasteiger partial charge in [-0.05, 0) is 12.5 Å². The highest BCUT2D eigenvalue weighted by atomic mass is 16.5. The molecule has 128 valence electrons. The van der Waals surface area contributed by atoms with Crippen molar-refractivity contribution in [2.45, 2.75) is 58.2 Å². The standard InChI is InChI=1S/C18H30N4O/c1-4-5-16-12-23-13-17-11-21(8-9-22(16)17)10-15-6-7-19-18(20-15)14(2)3/h6-7,14,16-17H,4-5,8-13H2,1-3H3/t16-,17+/m0/s1. The first-order valence-electron chi connectivity index (χ1n) is 9.05. The lowest BCUT2D eigenvalue weighted by atomic mass is 10.0. The lowest BCUT2D eigenvalue weighted by Crippen LogP contribution is -2.61.